The molecule has 0 bridgehead atoms. The molecule has 1 aromatic carbocycles. The quantitative estimate of drug-likeness (QED) is 0.397. The molecule has 0 aliphatic rings. The van der Waals surface area contributed by atoms with Crippen LogP contribution in [-0.4, -0.2) is 15.4 Å². The Kier molecular flexibility index (Phi) is 5.90. The van der Waals surface area contributed by atoms with Gasteiger partial charge in [-0.15, -0.1) is 0 Å². The summed E-state index contributed by atoms with van der Waals surface area (Å²) in [6.07, 6.45) is 1.81. The minimum Gasteiger partial charge on any atom is -0.489 e. The predicted octanol–water partition coefficient (Wildman–Crippen LogP) is 5.14. The van der Waals surface area contributed by atoms with Crippen molar-refractivity contribution < 1.29 is 4.74 Å². The Labute approximate surface area is 140 Å². The molecule has 0 unspecified atom stereocenters. The summed E-state index contributed by atoms with van der Waals surface area (Å²) in [6, 6.07) is 4.52. The molecule has 0 aliphatic carbocycles. The predicted molar refractivity (Wildman–Crippen MR) is 99.9 cm³/mol. The van der Waals surface area contributed by atoms with Crippen molar-refractivity contribution in [2.45, 2.75) is 57.5 Å². The second-order valence-electron chi connectivity index (χ2n) is 7.19. The maximum Gasteiger partial charge on any atom is 0.127 e. The van der Waals surface area contributed by atoms with Gasteiger partial charge in [-0.2, -0.15) is 0 Å². The van der Waals surface area contributed by atoms with Crippen LogP contribution in [0.5, 0.6) is 5.75 Å². The lowest BCUT2D eigenvalue weighted by Crippen LogP contribution is -2.34. The average molecular weight is 368 g/mol. The Morgan fingerprint density at radius 3 is 2.14 bits per heavy atom. The zero-order valence-electron chi connectivity index (χ0n) is 14.4. The van der Waals surface area contributed by atoms with Crippen LogP contribution in [0.25, 0.3) is 0 Å². The van der Waals surface area contributed by atoms with E-state index in [9.17, 15) is 0 Å². The number of alkyl halides is 1. The van der Waals surface area contributed by atoms with Gasteiger partial charge in [0.25, 0.3) is 0 Å². The van der Waals surface area contributed by atoms with Gasteiger partial charge in [-0.25, -0.2) is 0 Å². The van der Waals surface area contributed by atoms with Crippen molar-refractivity contribution in [3.05, 3.63) is 35.9 Å². The fraction of sp³-hybridized carbons (Fsp3) is 0.556. The Hall–Kier alpha value is -0.543. The first-order chi connectivity index (χ1) is 9.50. The molecule has 1 nitrogen and oxygen atoms in total. The molecule has 0 aromatic heterocycles. The molecular formula is C18H28BrOSi. The van der Waals surface area contributed by atoms with E-state index in [1.807, 2.05) is 6.08 Å². The Morgan fingerprint density at radius 1 is 1.19 bits per heavy atom. The summed E-state index contributed by atoms with van der Waals surface area (Å²) in [6.45, 7) is 20.1. The van der Waals surface area contributed by atoms with Gasteiger partial charge < -0.3 is 4.74 Å². The second kappa shape index (κ2) is 6.70. The summed E-state index contributed by atoms with van der Waals surface area (Å²) in [4.78, 5) is 0. The topological polar surface area (TPSA) is 9.23 Å². The van der Waals surface area contributed by atoms with E-state index in [0.29, 0.717) is 6.61 Å². The molecule has 1 rings (SSSR count). The van der Waals surface area contributed by atoms with Crippen LogP contribution < -0.4 is 9.92 Å². The number of ether oxygens (including phenoxy) is 1. The van der Waals surface area contributed by atoms with Crippen LogP contribution >= 0.6 is 15.9 Å². The number of benzene rings is 1. The lowest BCUT2D eigenvalue weighted by molar-refractivity contribution is 0.345. The van der Waals surface area contributed by atoms with Crippen LogP contribution in [0.1, 0.15) is 45.7 Å². The van der Waals surface area contributed by atoms with Crippen molar-refractivity contribution in [3.8, 4) is 5.75 Å². The van der Waals surface area contributed by atoms with Crippen molar-refractivity contribution in [1.29, 1.82) is 0 Å². The molecule has 0 aliphatic heterocycles. The number of hydrogen-bond donors (Lipinski definition) is 0. The third kappa shape index (κ3) is 4.46. The molecule has 0 amide bonds. The van der Waals surface area contributed by atoms with Gasteiger partial charge in [0.15, 0.2) is 0 Å². The number of halogens is 1. The van der Waals surface area contributed by atoms with Gasteiger partial charge in [-0.3, -0.25) is 0 Å². The van der Waals surface area contributed by atoms with Gasteiger partial charge in [0.1, 0.15) is 12.4 Å². The summed E-state index contributed by atoms with van der Waals surface area (Å²) in [5.74, 6) is 1.04. The molecule has 0 atom stereocenters. The van der Waals surface area contributed by atoms with Gasteiger partial charge in [-0.05, 0) is 24.8 Å². The van der Waals surface area contributed by atoms with Crippen LogP contribution in [0, 0.1) is 0 Å². The normalized spacial score (nSPS) is 12.6. The van der Waals surface area contributed by atoms with E-state index in [1.165, 1.54) is 16.3 Å². The Bertz CT molecular complexity index is 507. The van der Waals surface area contributed by atoms with Crippen LogP contribution in [0.3, 0.4) is 0 Å². The van der Waals surface area contributed by atoms with E-state index in [1.54, 1.807) is 0 Å². The SMILES string of the molecule is C=CCOc1c(C(C)(C)Br)ccc([Si](C)C)c1C(C)(C)C. The van der Waals surface area contributed by atoms with Crippen molar-refractivity contribution in [3.63, 3.8) is 0 Å². The molecule has 0 saturated heterocycles. The standard InChI is InChI=1S/C18H28BrOSi/c1-9-12-20-16-13(18(5,6)19)10-11-14(21(7)8)15(16)17(2,3)4/h9-11H,1,12H2,2-8H3. The van der Waals surface area contributed by atoms with Crippen LogP contribution in [0.2, 0.25) is 13.1 Å². The third-order valence-electron chi connectivity index (χ3n) is 3.43. The maximum absolute atomic E-state index is 6.13. The highest BCUT2D eigenvalue weighted by atomic mass is 79.9. The Balaban J connectivity index is 3.69. The van der Waals surface area contributed by atoms with Gasteiger partial charge in [0.05, 0.1) is 8.80 Å². The highest BCUT2D eigenvalue weighted by Gasteiger charge is 2.30. The fourth-order valence-corrected chi connectivity index (χ4v) is 4.22. The van der Waals surface area contributed by atoms with Crippen molar-refractivity contribution in [2.75, 3.05) is 6.61 Å². The first kappa shape index (κ1) is 18.5. The maximum atomic E-state index is 6.13. The van der Waals surface area contributed by atoms with E-state index >= 15 is 0 Å². The molecular weight excluding hydrogens is 340 g/mol. The minimum absolute atomic E-state index is 0.0576. The molecule has 0 spiro atoms. The smallest absolute Gasteiger partial charge is 0.127 e. The van der Waals surface area contributed by atoms with Gasteiger partial charge >= 0.3 is 0 Å². The van der Waals surface area contributed by atoms with Gasteiger partial charge in [0.2, 0.25) is 0 Å². The molecule has 21 heavy (non-hydrogen) atoms. The highest BCUT2D eigenvalue weighted by Crippen LogP contribution is 2.41. The van der Waals surface area contributed by atoms with Gasteiger partial charge in [-0.1, -0.05) is 79.8 Å². The average Bonchev–Trinajstić information content (AvgIpc) is 2.32. The van der Waals surface area contributed by atoms with E-state index in [4.69, 9.17) is 4.74 Å². The lowest BCUT2D eigenvalue weighted by Gasteiger charge is -2.31. The van der Waals surface area contributed by atoms with E-state index < -0.39 is 8.80 Å². The van der Waals surface area contributed by atoms with Crippen molar-refractivity contribution >= 4 is 29.9 Å². The minimum atomic E-state index is -0.553. The molecule has 1 aromatic rings. The number of rotatable bonds is 5. The van der Waals surface area contributed by atoms with Crippen LogP contribution in [0.4, 0.5) is 0 Å². The molecule has 0 fully saturated rings. The van der Waals surface area contributed by atoms with Crippen molar-refractivity contribution in [2.24, 2.45) is 0 Å². The summed E-state index contributed by atoms with van der Waals surface area (Å²) >= 11 is 3.79. The monoisotopic (exact) mass is 367 g/mol. The van der Waals surface area contributed by atoms with Crippen LogP contribution in [-0.2, 0) is 9.74 Å². The first-order valence-electron chi connectivity index (χ1n) is 7.41. The highest BCUT2D eigenvalue weighted by molar-refractivity contribution is 9.09. The summed E-state index contributed by atoms with van der Waals surface area (Å²) in [5, 5.41) is 1.46. The van der Waals surface area contributed by atoms with E-state index in [2.05, 4.69) is 82.4 Å². The lowest BCUT2D eigenvalue weighted by atomic mass is 9.83. The van der Waals surface area contributed by atoms with E-state index in [0.717, 1.165) is 5.75 Å². The third-order valence-corrected chi connectivity index (χ3v) is 5.35. The Morgan fingerprint density at radius 2 is 1.76 bits per heavy atom. The molecule has 1 radical (unpaired) electrons. The zero-order valence-corrected chi connectivity index (χ0v) is 17.0. The zero-order chi connectivity index (χ0) is 16.4. The molecule has 0 N–H and O–H groups in total. The van der Waals surface area contributed by atoms with Gasteiger partial charge in [0, 0.05) is 9.89 Å². The molecule has 0 saturated carbocycles. The summed E-state index contributed by atoms with van der Waals surface area (Å²) in [7, 11) is -0.553. The summed E-state index contributed by atoms with van der Waals surface area (Å²) < 4.78 is 6.01. The molecule has 117 valence electrons. The largest absolute Gasteiger partial charge is 0.489 e. The molecule has 0 heterocycles. The second-order valence-corrected chi connectivity index (χ2v) is 11.7. The van der Waals surface area contributed by atoms with Crippen LogP contribution in [0.15, 0.2) is 24.8 Å². The van der Waals surface area contributed by atoms with Crippen molar-refractivity contribution in [1.82, 2.24) is 0 Å². The summed E-state index contributed by atoms with van der Waals surface area (Å²) in [5.41, 5.74) is 2.62. The fourth-order valence-electron chi connectivity index (χ4n) is 2.50. The number of hydrogen-bond acceptors (Lipinski definition) is 1. The first-order valence-corrected chi connectivity index (χ1v) is 10.7. The molecule has 3 heteroatoms. The van der Waals surface area contributed by atoms with E-state index in [-0.39, 0.29) is 9.74 Å².